The van der Waals surface area contributed by atoms with Gasteiger partial charge in [0.2, 0.25) is 5.91 Å². The van der Waals surface area contributed by atoms with Crippen molar-refractivity contribution in [3.63, 3.8) is 0 Å². The number of carbonyl (C=O) groups is 1. The fourth-order valence-electron chi connectivity index (χ4n) is 4.36. The SMILES string of the molecule is O=C(CCCc1ccccc1)N1C[C@H](CO)C[C@@H](CN2CCCC2)C1. The minimum absolute atomic E-state index is 0.199. The van der Waals surface area contributed by atoms with E-state index in [9.17, 15) is 9.90 Å². The fourth-order valence-corrected chi connectivity index (χ4v) is 4.36. The van der Waals surface area contributed by atoms with Gasteiger partial charge in [0.15, 0.2) is 0 Å². The Bertz CT molecular complexity index is 528. The third-order valence-electron chi connectivity index (χ3n) is 5.65. The van der Waals surface area contributed by atoms with Gasteiger partial charge in [0.25, 0.3) is 0 Å². The van der Waals surface area contributed by atoms with Crippen molar-refractivity contribution >= 4 is 5.91 Å². The molecule has 1 N–H and O–H groups in total. The highest BCUT2D eigenvalue weighted by atomic mass is 16.3. The summed E-state index contributed by atoms with van der Waals surface area (Å²) in [4.78, 5) is 17.2. The van der Waals surface area contributed by atoms with E-state index in [-0.39, 0.29) is 18.4 Å². The Morgan fingerprint density at radius 1 is 1.08 bits per heavy atom. The minimum Gasteiger partial charge on any atom is -0.396 e. The molecular formula is C21H32N2O2. The first kappa shape index (κ1) is 18.4. The summed E-state index contributed by atoms with van der Waals surface area (Å²) in [7, 11) is 0. The smallest absolute Gasteiger partial charge is 0.222 e. The first-order valence-electron chi connectivity index (χ1n) is 9.89. The van der Waals surface area contributed by atoms with Crippen molar-refractivity contribution < 1.29 is 9.90 Å². The number of carbonyl (C=O) groups excluding carboxylic acids is 1. The molecule has 4 heteroatoms. The maximum atomic E-state index is 12.7. The molecule has 2 saturated heterocycles. The zero-order chi connectivity index (χ0) is 17.5. The summed E-state index contributed by atoms with van der Waals surface area (Å²) < 4.78 is 0. The van der Waals surface area contributed by atoms with E-state index < -0.39 is 0 Å². The van der Waals surface area contributed by atoms with Crippen molar-refractivity contribution in [2.75, 3.05) is 39.3 Å². The second kappa shape index (κ2) is 9.35. The van der Waals surface area contributed by atoms with Crippen LogP contribution >= 0.6 is 0 Å². The van der Waals surface area contributed by atoms with Crippen molar-refractivity contribution in [3.8, 4) is 0 Å². The second-order valence-electron chi connectivity index (χ2n) is 7.80. The summed E-state index contributed by atoms with van der Waals surface area (Å²) in [5.41, 5.74) is 1.30. The number of nitrogens with zero attached hydrogens (tertiary/aromatic N) is 2. The summed E-state index contributed by atoms with van der Waals surface area (Å²) >= 11 is 0. The van der Waals surface area contributed by atoms with E-state index >= 15 is 0 Å². The predicted molar refractivity (Wildman–Crippen MR) is 100 cm³/mol. The molecule has 0 radical (unpaired) electrons. The van der Waals surface area contributed by atoms with E-state index in [1.165, 1.54) is 31.5 Å². The fraction of sp³-hybridized carbons (Fsp3) is 0.667. The van der Waals surface area contributed by atoms with Gasteiger partial charge >= 0.3 is 0 Å². The van der Waals surface area contributed by atoms with E-state index in [1.54, 1.807) is 0 Å². The lowest BCUT2D eigenvalue weighted by atomic mass is 9.89. The molecule has 0 saturated carbocycles. The van der Waals surface area contributed by atoms with Crippen LogP contribution in [0.1, 0.15) is 37.7 Å². The van der Waals surface area contributed by atoms with Gasteiger partial charge in [0.05, 0.1) is 0 Å². The first-order valence-corrected chi connectivity index (χ1v) is 9.89. The summed E-state index contributed by atoms with van der Waals surface area (Å²) in [5.74, 6) is 1.03. The van der Waals surface area contributed by atoms with Gasteiger partial charge < -0.3 is 14.9 Å². The highest BCUT2D eigenvalue weighted by Crippen LogP contribution is 2.25. The molecule has 2 heterocycles. The molecule has 0 aliphatic carbocycles. The number of likely N-dealkylation sites (tertiary alicyclic amines) is 2. The minimum atomic E-state index is 0.199. The lowest BCUT2D eigenvalue weighted by molar-refractivity contribution is -0.134. The van der Waals surface area contributed by atoms with E-state index in [2.05, 4.69) is 29.2 Å². The number of aryl methyl sites for hydroxylation is 1. The molecule has 1 amide bonds. The number of aliphatic hydroxyl groups is 1. The molecule has 1 aromatic carbocycles. The number of benzene rings is 1. The van der Waals surface area contributed by atoms with Crippen molar-refractivity contribution in [3.05, 3.63) is 35.9 Å². The monoisotopic (exact) mass is 344 g/mol. The Balaban J connectivity index is 1.47. The van der Waals surface area contributed by atoms with E-state index in [1.807, 2.05) is 11.0 Å². The summed E-state index contributed by atoms with van der Waals surface area (Å²) in [6.07, 6.45) is 6.14. The molecule has 0 bridgehead atoms. The molecule has 2 atom stereocenters. The molecule has 25 heavy (non-hydrogen) atoms. The van der Waals surface area contributed by atoms with Crippen LogP contribution in [-0.2, 0) is 11.2 Å². The molecule has 2 aliphatic rings. The van der Waals surface area contributed by atoms with Crippen molar-refractivity contribution in [2.45, 2.75) is 38.5 Å². The lowest BCUT2D eigenvalue weighted by Crippen LogP contribution is -2.47. The molecule has 0 aromatic heterocycles. The molecule has 0 spiro atoms. The number of hydrogen-bond donors (Lipinski definition) is 1. The largest absolute Gasteiger partial charge is 0.396 e. The van der Waals surface area contributed by atoms with Gasteiger partial charge in [-0.05, 0) is 62.6 Å². The highest BCUT2D eigenvalue weighted by Gasteiger charge is 2.30. The zero-order valence-corrected chi connectivity index (χ0v) is 15.3. The summed E-state index contributed by atoms with van der Waals surface area (Å²) in [5, 5.41) is 9.64. The van der Waals surface area contributed by atoms with Crippen molar-refractivity contribution in [1.82, 2.24) is 9.80 Å². The molecule has 1 aromatic rings. The maximum absolute atomic E-state index is 12.7. The average Bonchev–Trinajstić information content (AvgIpc) is 3.15. The Morgan fingerprint density at radius 2 is 1.80 bits per heavy atom. The third kappa shape index (κ3) is 5.55. The van der Waals surface area contributed by atoms with E-state index in [4.69, 9.17) is 0 Å². The summed E-state index contributed by atoms with van der Waals surface area (Å²) in [6, 6.07) is 10.4. The number of rotatable bonds is 7. The average molecular weight is 344 g/mol. The molecule has 2 aliphatic heterocycles. The molecular weight excluding hydrogens is 312 g/mol. The van der Waals surface area contributed by atoms with Crippen molar-refractivity contribution in [1.29, 1.82) is 0 Å². The molecule has 0 unspecified atom stereocenters. The molecule has 3 rings (SSSR count). The topological polar surface area (TPSA) is 43.8 Å². The van der Waals surface area contributed by atoms with Gasteiger partial charge in [0.1, 0.15) is 0 Å². The number of hydrogen-bond acceptors (Lipinski definition) is 3. The second-order valence-corrected chi connectivity index (χ2v) is 7.80. The Kier molecular flexibility index (Phi) is 6.88. The third-order valence-corrected chi connectivity index (χ3v) is 5.65. The van der Waals surface area contributed by atoms with Crippen LogP contribution < -0.4 is 0 Å². The quantitative estimate of drug-likeness (QED) is 0.827. The summed E-state index contributed by atoms with van der Waals surface area (Å²) in [6.45, 7) is 5.29. The van der Waals surface area contributed by atoms with Crippen LogP contribution in [0.15, 0.2) is 30.3 Å². The van der Waals surface area contributed by atoms with Crippen LogP contribution in [0.4, 0.5) is 0 Å². The van der Waals surface area contributed by atoms with Gasteiger partial charge in [-0.2, -0.15) is 0 Å². The molecule has 4 nitrogen and oxygen atoms in total. The zero-order valence-electron chi connectivity index (χ0n) is 15.3. The van der Waals surface area contributed by atoms with Crippen LogP contribution in [0.5, 0.6) is 0 Å². The number of aliphatic hydroxyl groups excluding tert-OH is 1. The lowest BCUT2D eigenvalue weighted by Gasteiger charge is -2.38. The molecule has 138 valence electrons. The standard InChI is InChI=1S/C21H32N2O2/c24-17-20-13-19(14-22-11-4-5-12-22)15-23(16-20)21(25)10-6-9-18-7-2-1-3-8-18/h1-3,7-8,19-20,24H,4-6,9-17H2/t19-,20+/m0/s1. The predicted octanol–water partition coefficient (Wildman–Crippen LogP) is 2.56. The van der Waals surface area contributed by atoms with Gasteiger partial charge in [0, 0.05) is 32.7 Å². The van der Waals surface area contributed by atoms with Crippen LogP contribution in [-0.4, -0.2) is 60.1 Å². The number of piperidine rings is 1. The van der Waals surface area contributed by atoms with Crippen LogP contribution in [0.25, 0.3) is 0 Å². The van der Waals surface area contributed by atoms with Gasteiger partial charge in [-0.3, -0.25) is 4.79 Å². The molecule has 2 fully saturated rings. The van der Waals surface area contributed by atoms with E-state index in [0.29, 0.717) is 12.3 Å². The van der Waals surface area contributed by atoms with Gasteiger partial charge in [-0.1, -0.05) is 30.3 Å². The van der Waals surface area contributed by atoms with Gasteiger partial charge in [-0.25, -0.2) is 0 Å². The van der Waals surface area contributed by atoms with Crippen LogP contribution in [0.2, 0.25) is 0 Å². The first-order chi connectivity index (χ1) is 12.2. The van der Waals surface area contributed by atoms with Crippen molar-refractivity contribution in [2.24, 2.45) is 11.8 Å². The van der Waals surface area contributed by atoms with E-state index in [0.717, 1.165) is 38.9 Å². The Morgan fingerprint density at radius 3 is 2.52 bits per heavy atom. The highest BCUT2D eigenvalue weighted by molar-refractivity contribution is 5.76. The van der Waals surface area contributed by atoms with Gasteiger partial charge in [-0.15, -0.1) is 0 Å². The Hall–Kier alpha value is -1.39. The normalized spacial score (nSPS) is 24.6. The number of amides is 1. The Labute approximate surface area is 151 Å². The van der Waals surface area contributed by atoms with Crippen LogP contribution in [0.3, 0.4) is 0 Å². The van der Waals surface area contributed by atoms with Crippen LogP contribution in [0, 0.1) is 11.8 Å². The maximum Gasteiger partial charge on any atom is 0.222 e.